The highest BCUT2D eigenvalue weighted by Crippen LogP contribution is 2.28. The molecule has 0 fully saturated rings. The van der Waals surface area contributed by atoms with Crippen LogP contribution in [0.1, 0.15) is 17.3 Å². The number of nitro benzene ring substituents is 1. The number of methoxy groups -OCH3 is 1. The minimum Gasteiger partial charge on any atom is -0.493 e. The lowest BCUT2D eigenvalue weighted by Crippen LogP contribution is -2.12. The summed E-state index contributed by atoms with van der Waals surface area (Å²) in [6.07, 6.45) is 0. The maximum Gasteiger partial charge on any atom is 0.271 e. The largest absolute Gasteiger partial charge is 0.493 e. The normalized spacial score (nSPS) is 10.0. The third-order valence-corrected chi connectivity index (χ3v) is 3.04. The summed E-state index contributed by atoms with van der Waals surface area (Å²) in [7, 11) is 1.49. The molecule has 0 aliphatic heterocycles. The first-order valence-electron chi connectivity index (χ1n) is 6.91. The Bertz CT molecular complexity index is 730. The number of amides is 1. The number of nitrogens with zero attached hydrogens (tertiary/aromatic N) is 1. The smallest absolute Gasteiger partial charge is 0.271 e. The third-order valence-electron chi connectivity index (χ3n) is 3.04. The second kappa shape index (κ2) is 7.26. The number of hydrogen-bond donors (Lipinski definition) is 1. The van der Waals surface area contributed by atoms with Crippen LogP contribution in [0.4, 0.5) is 11.4 Å². The van der Waals surface area contributed by atoms with Crippen LogP contribution in [0.15, 0.2) is 42.5 Å². The van der Waals surface area contributed by atoms with Crippen molar-refractivity contribution in [1.82, 2.24) is 0 Å². The van der Waals surface area contributed by atoms with Crippen molar-refractivity contribution >= 4 is 17.3 Å². The first-order valence-corrected chi connectivity index (χ1v) is 6.91. The summed E-state index contributed by atoms with van der Waals surface area (Å²) in [5, 5.41) is 13.4. The van der Waals surface area contributed by atoms with Crippen molar-refractivity contribution in [3.63, 3.8) is 0 Å². The highest BCUT2D eigenvalue weighted by atomic mass is 16.6. The monoisotopic (exact) mass is 316 g/mol. The van der Waals surface area contributed by atoms with Crippen LogP contribution in [0.5, 0.6) is 11.5 Å². The lowest BCUT2D eigenvalue weighted by atomic mass is 10.1. The number of nitro groups is 1. The number of rotatable bonds is 6. The van der Waals surface area contributed by atoms with Crippen molar-refractivity contribution in [2.45, 2.75) is 6.92 Å². The second-order valence-corrected chi connectivity index (χ2v) is 4.56. The van der Waals surface area contributed by atoms with Crippen molar-refractivity contribution < 1.29 is 19.2 Å². The van der Waals surface area contributed by atoms with E-state index >= 15 is 0 Å². The van der Waals surface area contributed by atoms with Gasteiger partial charge >= 0.3 is 0 Å². The van der Waals surface area contributed by atoms with Crippen molar-refractivity contribution in [1.29, 1.82) is 0 Å². The van der Waals surface area contributed by atoms with E-state index in [0.29, 0.717) is 29.4 Å². The molecule has 23 heavy (non-hydrogen) atoms. The molecule has 0 aliphatic carbocycles. The standard InChI is InChI=1S/C16H16N2O5/c1-3-23-14-8-7-11(9-15(14)22-2)16(19)17-12-5-4-6-13(10-12)18(20)21/h4-10H,3H2,1-2H3,(H,17,19). The molecule has 0 bridgehead atoms. The van der Waals surface area contributed by atoms with Gasteiger partial charge in [-0.2, -0.15) is 0 Å². The lowest BCUT2D eigenvalue weighted by molar-refractivity contribution is -0.384. The predicted molar refractivity (Wildman–Crippen MR) is 85.2 cm³/mol. The summed E-state index contributed by atoms with van der Waals surface area (Å²) < 4.78 is 10.6. The maximum absolute atomic E-state index is 12.3. The van der Waals surface area contributed by atoms with E-state index in [1.165, 1.54) is 25.3 Å². The van der Waals surface area contributed by atoms with Crippen LogP contribution in [-0.4, -0.2) is 24.5 Å². The van der Waals surface area contributed by atoms with Gasteiger partial charge in [0.15, 0.2) is 11.5 Å². The zero-order chi connectivity index (χ0) is 16.8. The minimum absolute atomic E-state index is 0.0907. The van der Waals surface area contributed by atoms with Gasteiger partial charge in [-0.05, 0) is 31.2 Å². The van der Waals surface area contributed by atoms with Crippen LogP contribution >= 0.6 is 0 Å². The van der Waals surface area contributed by atoms with Gasteiger partial charge in [-0.15, -0.1) is 0 Å². The SMILES string of the molecule is CCOc1ccc(C(=O)Nc2cccc([N+](=O)[O-])c2)cc1OC. The summed E-state index contributed by atoms with van der Waals surface area (Å²) in [5.74, 6) is 0.590. The molecule has 0 unspecified atom stereocenters. The number of carbonyl (C=O) groups is 1. The Morgan fingerprint density at radius 1 is 1.22 bits per heavy atom. The molecule has 7 nitrogen and oxygen atoms in total. The van der Waals surface area contributed by atoms with Gasteiger partial charge in [0.2, 0.25) is 0 Å². The molecule has 120 valence electrons. The van der Waals surface area contributed by atoms with E-state index in [2.05, 4.69) is 5.32 Å². The highest BCUT2D eigenvalue weighted by molar-refractivity contribution is 6.04. The average molecular weight is 316 g/mol. The average Bonchev–Trinajstić information content (AvgIpc) is 2.55. The van der Waals surface area contributed by atoms with Gasteiger partial charge in [0, 0.05) is 23.4 Å². The van der Waals surface area contributed by atoms with Crippen LogP contribution in [0.25, 0.3) is 0 Å². The lowest BCUT2D eigenvalue weighted by Gasteiger charge is -2.11. The molecule has 1 amide bonds. The number of carbonyl (C=O) groups excluding carboxylic acids is 1. The highest BCUT2D eigenvalue weighted by Gasteiger charge is 2.13. The Balaban J connectivity index is 2.20. The Hall–Kier alpha value is -3.09. The second-order valence-electron chi connectivity index (χ2n) is 4.56. The van der Waals surface area contributed by atoms with E-state index in [1.54, 1.807) is 24.3 Å². The van der Waals surface area contributed by atoms with E-state index in [4.69, 9.17) is 9.47 Å². The Labute approximate surface area is 133 Å². The number of ether oxygens (including phenoxy) is 2. The number of benzene rings is 2. The molecule has 0 saturated heterocycles. The number of hydrogen-bond acceptors (Lipinski definition) is 5. The summed E-state index contributed by atoms with van der Waals surface area (Å²) in [5.41, 5.74) is 0.612. The molecule has 2 aromatic rings. The van der Waals surface area contributed by atoms with E-state index in [9.17, 15) is 14.9 Å². The van der Waals surface area contributed by atoms with E-state index < -0.39 is 10.8 Å². The van der Waals surface area contributed by atoms with Crippen LogP contribution < -0.4 is 14.8 Å². The van der Waals surface area contributed by atoms with Crippen molar-refractivity contribution in [2.75, 3.05) is 19.0 Å². The van der Waals surface area contributed by atoms with E-state index in [1.807, 2.05) is 6.92 Å². The zero-order valence-electron chi connectivity index (χ0n) is 12.7. The Kier molecular flexibility index (Phi) is 5.14. The van der Waals surface area contributed by atoms with Gasteiger partial charge in [-0.25, -0.2) is 0 Å². The van der Waals surface area contributed by atoms with Crippen molar-refractivity contribution in [3.05, 3.63) is 58.1 Å². The molecule has 7 heteroatoms. The maximum atomic E-state index is 12.3. The van der Waals surface area contributed by atoms with Crippen LogP contribution in [-0.2, 0) is 0 Å². The summed E-state index contributed by atoms with van der Waals surface area (Å²) in [6, 6.07) is 10.5. The molecule has 0 atom stereocenters. The molecule has 0 radical (unpaired) electrons. The van der Waals surface area contributed by atoms with Crippen molar-refractivity contribution in [3.8, 4) is 11.5 Å². The number of anilines is 1. The number of nitrogens with one attached hydrogen (secondary N) is 1. The van der Waals surface area contributed by atoms with Crippen LogP contribution in [0.2, 0.25) is 0 Å². The first-order chi connectivity index (χ1) is 11.0. The molecule has 0 saturated carbocycles. The summed E-state index contributed by atoms with van der Waals surface area (Å²) >= 11 is 0. The van der Waals surface area contributed by atoms with Crippen LogP contribution in [0.3, 0.4) is 0 Å². The molecule has 2 aromatic carbocycles. The topological polar surface area (TPSA) is 90.7 Å². The minimum atomic E-state index is -0.518. The molecule has 2 rings (SSSR count). The van der Waals surface area contributed by atoms with Gasteiger partial charge in [0.1, 0.15) is 0 Å². The van der Waals surface area contributed by atoms with Crippen molar-refractivity contribution in [2.24, 2.45) is 0 Å². The molecule has 0 heterocycles. The molecular weight excluding hydrogens is 300 g/mol. The fourth-order valence-electron chi connectivity index (χ4n) is 1.98. The van der Waals surface area contributed by atoms with Gasteiger partial charge in [-0.3, -0.25) is 14.9 Å². The fraction of sp³-hybridized carbons (Fsp3) is 0.188. The molecule has 1 N–H and O–H groups in total. The molecule has 0 aliphatic rings. The Morgan fingerprint density at radius 2 is 2.00 bits per heavy atom. The quantitative estimate of drug-likeness (QED) is 0.652. The fourth-order valence-corrected chi connectivity index (χ4v) is 1.98. The summed E-state index contributed by atoms with van der Waals surface area (Å²) in [4.78, 5) is 22.5. The first kappa shape index (κ1) is 16.3. The van der Waals surface area contributed by atoms with Gasteiger partial charge < -0.3 is 14.8 Å². The van der Waals surface area contributed by atoms with Gasteiger partial charge in [-0.1, -0.05) is 6.07 Å². The van der Waals surface area contributed by atoms with Gasteiger partial charge in [0.05, 0.1) is 18.6 Å². The molecule has 0 spiro atoms. The van der Waals surface area contributed by atoms with E-state index in [0.717, 1.165) is 0 Å². The third kappa shape index (κ3) is 3.97. The zero-order valence-corrected chi connectivity index (χ0v) is 12.7. The van der Waals surface area contributed by atoms with E-state index in [-0.39, 0.29) is 5.69 Å². The van der Waals surface area contributed by atoms with Crippen LogP contribution in [0, 0.1) is 10.1 Å². The van der Waals surface area contributed by atoms with Gasteiger partial charge in [0.25, 0.3) is 11.6 Å². The Morgan fingerprint density at radius 3 is 2.65 bits per heavy atom. The summed E-state index contributed by atoms with van der Waals surface area (Å²) in [6.45, 7) is 2.33. The number of non-ortho nitro benzene ring substituents is 1. The predicted octanol–water partition coefficient (Wildman–Crippen LogP) is 3.25. The molecule has 0 aromatic heterocycles. The molecular formula is C16H16N2O5.